The second kappa shape index (κ2) is 17.2. The summed E-state index contributed by atoms with van der Waals surface area (Å²) in [5.41, 5.74) is 4.28. The summed E-state index contributed by atoms with van der Waals surface area (Å²) in [6.07, 6.45) is 3.05. The van der Waals surface area contributed by atoms with Gasteiger partial charge in [-0.25, -0.2) is 4.98 Å². The number of hydrogen-bond acceptors (Lipinski definition) is 8. The van der Waals surface area contributed by atoms with Crippen molar-refractivity contribution in [2.24, 2.45) is 0 Å². The zero-order chi connectivity index (χ0) is 35.1. The molecule has 0 unspecified atom stereocenters. The Hall–Kier alpha value is -4.81. The molecule has 0 radical (unpaired) electrons. The number of aromatic nitrogens is 2. The zero-order valence-corrected chi connectivity index (χ0v) is 30.6. The highest BCUT2D eigenvalue weighted by molar-refractivity contribution is 6.11. The maximum absolute atomic E-state index is 13.7. The summed E-state index contributed by atoms with van der Waals surface area (Å²) in [6.45, 7) is 5.90. The third-order valence-corrected chi connectivity index (χ3v) is 8.79. The van der Waals surface area contributed by atoms with Crippen molar-refractivity contribution in [2.75, 3.05) is 83.2 Å². The van der Waals surface area contributed by atoms with Crippen molar-refractivity contribution in [3.63, 3.8) is 0 Å². The van der Waals surface area contributed by atoms with E-state index < -0.39 is 0 Å². The van der Waals surface area contributed by atoms with Crippen molar-refractivity contribution in [2.45, 2.75) is 32.6 Å². The molecule has 268 valence electrons. The quantitative estimate of drug-likeness (QED) is 0.172. The molecule has 1 aliphatic rings. The van der Waals surface area contributed by atoms with Crippen molar-refractivity contribution in [1.29, 1.82) is 0 Å². The van der Waals surface area contributed by atoms with E-state index in [0.29, 0.717) is 47.2 Å². The molecule has 0 spiro atoms. The largest absolute Gasteiger partial charge is 0.496 e. The van der Waals surface area contributed by atoms with E-state index in [2.05, 4.69) is 27.2 Å². The van der Waals surface area contributed by atoms with Crippen molar-refractivity contribution in [1.82, 2.24) is 19.8 Å². The molecule has 13 heteroatoms. The number of nitrogens with one attached hydrogen (secondary N) is 2. The lowest BCUT2D eigenvalue weighted by Crippen LogP contribution is -2.47. The summed E-state index contributed by atoms with van der Waals surface area (Å²) in [4.78, 5) is 55.1. The number of nitrogens with zero attached hydrogens (tertiary/aromatic N) is 5. The van der Waals surface area contributed by atoms with E-state index in [0.717, 1.165) is 56.5 Å². The van der Waals surface area contributed by atoms with Gasteiger partial charge in [0.05, 0.1) is 36.2 Å². The molecule has 2 N–H and O–H groups in total. The molecule has 0 saturated carbocycles. The highest BCUT2D eigenvalue weighted by Gasteiger charge is 2.22. The van der Waals surface area contributed by atoms with E-state index in [1.54, 1.807) is 36.2 Å². The summed E-state index contributed by atoms with van der Waals surface area (Å²) in [6, 6.07) is 16.0. The highest BCUT2D eigenvalue weighted by atomic mass is 35.5. The maximum Gasteiger partial charge on any atom is 0.259 e. The number of rotatable bonds is 13. The van der Waals surface area contributed by atoms with Crippen LogP contribution in [0.1, 0.15) is 52.0 Å². The molecule has 0 atom stereocenters. The monoisotopic (exact) mass is 705 g/mol. The molecule has 1 saturated heterocycles. The number of aryl methyl sites for hydroxylation is 1. The van der Waals surface area contributed by atoms with Crippen molar-refractivity contribution in [3.8, 4) is 11.5 Å². The number of likely N-dealkylation sites (N-methyl/N-ethyl adjacent to an activating group) is 1. The molecule has 0 aliphatic carbocycles. The Morgan fingerprint density at radius 3 is 2.42 bits per heavy atom. The fraction of sp³-hybridized carbons (Fsp3) is 0.405. The number of para-hydroxylation sites is 1. The standard InChI is InChI=1S/C37H47N7O5.ClH/c1-25-14-17-30(32(23-25)49-22-9-7-8-13-33(45)44-20-18-42(4)19-21-44)43(5)36(47)26-15-16-27(31(24-26)48-6)35(46)38-28-11-10-12-29-34(28)40-37(39-29)41(2)3;/h10-12,14-17,23-24H,7-9,13,18-22H2,1-6H3,(H,38,46)(H,39,40);1H. The number of imidazole rings is 1. The van der Waals surface area contributed by atoms with Gasteiger partial charge in [0, 0.05) is 59.3 Å². The molecule has 5 rings (SSSR count). The van der Waals surface area contributed by atoms with Crippen LogP contribution in [0.15, 0.2) is 54.6 Å². The van der Waals surface area contributed by atoms with Crippen LogP contribution >= 0.6 is 12.4 Å². The molecule has 0 bridgehead atoms. The van der Waals surface area contributed by atoms with Crippen LogP contribution < -0.4 is 24.6 Å². The van der Waals surface area contributed by atoms with Crippen molar-refractivity contribution < 1.29 is 23.9 Å². The number of halogens is 1. The normalized spacial score (nSPS) is 13.0. The number of methoxy groups -OCH3 is 1. The Balaban J connectivity index is 0.00000562. The number of unbranched alkanes of at least 4 members (excludes halogenated alkanes) is 2. The van der Waals surface area contributed by atoms with Gasteiger partial charge in [-0.15, -0.1) is 12.4 Å². The predicted octanol–water partition coefficient (Wildman–Crippen LogP) is 5.61. The van der Waals surface area contributed by atoms with Crippen LogP contribution in [0.2, 0.25) is 0 Å². The number of benzene rings is 3. The second-order valence-electron chi connectivity index (χ2n) is 12.7. The van der Waals surface area contributed by atoms with Gasteiger partial charge in [0.15, 0.2) is 0 Å². The van der Waals surface area contributed by atoms with Gasteiger partial charge >= 0.3 is 0 Å². The number of fused-ring (bicyclic) bond motifs is 1. The first kappa shape index (κ1) is 38.0. The van der Waals surface area contributed by atoms with Gasteiger partial charge in [0.25, 0.3) is 11.8 Å². The van der Waals surface area contributed by atoms with Gasteiger partial charge in [-0.3, -0.25) is 14.4 Å². The van der Waals surface area contributed by atoms with Crippen LogP contribution in [0.5, 0.6) is 11.5 Å². The minimum atomic E-state index is -0.385. The smallest absolute Gasteiger partial charge is 0.259 e. The van der Waals surface area contributed by atoms with Crippen LogP contribution in [0.25, 0.3) is 11.0 Å². The molecule has 12 nitrogen and oxygen atoms in total. The number of carbonyl (C=O) groups is 3. The minimum Gasteiger partial charge on any atom is -0.496 e. The second-order valence-corrected chi connectivity index (χ2v) is 12.7. The highest BCUT2D eigenvalue weighted by Crippen LogP contribution is 2.32. The average Bonchev–Trinajstić information content (AvgIpc) is 3.55. The van der Waals surface area contributed by atoms with Gasteiger partial charge < -0.3 is 39.4 Å². The molecular formula is C37H48ClN7O5. The Labute approximate surface area is 300 Å². The molecule has 3 aromatic carbocycles. The average molecular weight is 706 g/mol. The van der Waals surface area contributed by atoms with Gasteiger partial charge in [0.1, 0.15) is 17.0 Å². The summed E-state index contributed by atoms with van der Waals surface area (Å²) in [5.74, 6) is 1.12. The zero-order valence-electron chi connectivity index (χ0n) is 29.7. The summed E-state index contributed by atoms with van der Waals surface area (Å²) in [7, 11) is 9.02. The number of H-pyrrole nitrogens is 1. The number of amides is 3. The van der Waals surface area contributed by atoms with Crippen molar-refractivity contribution >= 4 is 58.5 Å². The predicted molar refractivity (Wildman–Crippen MR) is 201 cm³/mol. The van der Waals surface area contributed by atoms with E-state index >= 15 is 0 Å². The Morgan fingerprint density at radius 2 is 1.70 bits per heavy atom. The van der Waals surface area contributed by atoms with Gasteiger partial charge in [0.2, 0.25) is 11.9 Å². The number of piperazine rings is 1. The van der Waals surface area contributed by atoms with Gasteiger partial charge in [-0.2, -0.15) is 0 Å². The minimum absolute atomic E-state index is 0. The lowest BCUT2D eigenvalue weighted by atomic mass is 10.1. The fourth-order valence-electron chi connectivity index (χ4n) is 5.80. The first-order chi connectivity index (χ1) is 23.5. The topological polar surface area (TPSA) is 123 Å². The first-order valence-corrected chi connectivity index (χ1v) is 16.7. The van der Waals surface area contributed by atoms with E-state index in [4.69, 9.17) is 9.47 Å². The lowest BCUT2D eigenvalue weighted by Gasteiger charge is -2.32. The molecule has 1 aromatic heterocycles. The summed E-state index contributed by atoms with van der Waals surface area (Å²) >= 11 is 0. The molecular weight excluding hydrogens is 658 g/mol. The number of ether oxygens (including phenoxy) is 2. The van der Waals surface area contributed by atoms with Crippen LogP contribution in [0.3, 0.4) is 0 Å². The van der Waals surface area contributed by atoms with E-state index in [1.807, 2.05) is 61.2 Å². The van der Waals surface area contributed by atoms with Crippen molar-refractivity contribution in [3.05, 3.63) is 71.3 Å². The van der Waals surface area contributed by atoms with Gasteiger partial charge in [-0.1, -0.05) is 12.1 Å². The van der Waals surface area contributed by atoms with Crippen LogP contribution in [0, 0.1) is 6.92 Å². The van der Waals surface area contributed by atoms with E-state index in [9.17, 15) is 14.4 Å². The maximum atomic E-state index is 13.7. The van der Waals surface area contributed by atoms with Gasteiger partial charge in [-0.05, 0) is 81.3 Å². The Bertz CT molecular complexity index is 1800. The number of carbonyl (C=O) groups excluding carboxylic acids is 3. The SMILES string of the molecule is COc1cc(C(=O)N(C)c2ccc(C)cc2OCCCCCC(=O)N2CCN(C)CC2)ccc1C(=O)Nc1cccc2[nH]c(N(C)C)nc12.Cl. The number of hydrogen-bond donors (Lipinski definition) is 2. The third kappa shape index (κ3) is 9.05. The summed E-state index contributed by atoms with van der Waals surface area (Å²) in [5, 5.41) is 2.94. The van der Waals surface area contributed by atoms with Crippen LogP contribution in [-0.2, 0) is 4.79 Å². The first-order valence-electron chi connectivity index (χ1n) is 16.7. The Morgan fingerprint density at radius 1 is 0.940 bits per heavy atom. The molecule has 3 amide bonds. The van der Waals surface area contributed by atoms with Crippen LogP contribution in [0.4, 0.5) is 17.3 Å². The number of aromatic amines is 1. The Kier molecular flexibility index (Phi) is 13.1. The van der Waals surface area contributed by atoms with Crippen LogP contribution in [-0.4, -0.2) is 106 Å². The van der Waals surface area contributed by atoms with E-state index in [-0.39, 0.29) is 41.4 Å². The molecule has 2 heterocycles. The molecule has 1 aliphatic heterocycles. The van der Waals surface area contributed by atoms with E-state index in [1.165, 1.54) is 7.11 Å². The molecule has 1 fully saturated rings. The summed E-state index contributed by atoms with van der Waals surface area (Å²) < 4.78 is 11.7. The number of anilines is 3. The molecule has 4 aromatic rings. The third-order valence-electron chi connectivity index (χ3n) is 8.79. The molecule has 50 heavy (non-hydrogen) atoms. The lowest BCUT2D eigenvalue weighted by molar-refractivity contribution is -0.132. The fourth-order valence-corrected chi connectivity index (χ4v) is 5.80.